The zero-order chi connectivity index (χ0) is 22.8. The number of rotatable bonds is 4. The van der Waals surface area contributed by atoms with Crippen molar-refractivity contribution < 1.29 is 23.6 Å². The van der Waals surface area contributed by atoms with Gasteiger partial charge in [0.15, 0.2) is 23.6 Å². The van der Waals surface area contributed by atoms with E-state index in [4.69, 9.17) is 14.0 Å². The van der Waals surface area contributed by atoms with Gasteiger partial charge >= 0.3 is 0 Å². The van der Waals surface area contributed by atoms with Gasteiger partial charge in [0.25, 0.3) is 11.8 Å². The van der Waals surface area contributed by atoms with Crippen LogP contribution in [-0.2, 0) is 29.0 Å². The molecule has 0 saturated carbocycles. The summed E-state index contributed by atoms with van der Waals surface area (Å²) in [4.78, 5) is 32.0. The predicted octanol–water partition coefficient (Wildman–Crippen LogP) is 2.45. The summed E-state index contributed by atoms with van der Waals surface area (Å²) in [6.45, 7) is 0.229. The molecule has 1 aliphatic carbocycles. The third-order valence-electron chi connectivity index (χ3n) is 6.59. The van der Waals surface area contributed by atoms with Crippen LogP contribution in [0, 0.1) is 0 Å². The van der Waals surface area contributed by atoms with Gasteiger partial charge in [-0.1, -0.05) is 16.4 Å². The average molecular weight is 458 g/mol. The van der Waals surface area contributed by atoms with Gasteiger partial charge in [-0.2, -0.15) is 10.1 Å². The van der Waals surface area contributed by atoms with E-state index in [-0.39, 0.29) is 31.0 Å². The molecule has 0 bridgehead atoms. The molecule has 4 aliphatic rings. The van der Waals surface area contributed by atoms with Crippen molar-refractivity contribution >= 4 is 17.5 Å². The molecule has 11 heteroatoms. The smallest absolute Gasteiger partial charge is 0.263 e. The number of ether oxygens (including phenoxy) is 2. The van der Waals surface area contributed by atoms with E-state index in [0.717, 1.165) is 19.3 Å². The largest absolute Gasteiger partial charge is 0.454 e. The molecule has 2 atom stereocenters. The van der Waals surface area contributed by atoms with Crippen LogP contribution >= 0.6 is 0 Å². The first-order valence-corrected chi connectivity index (χ1v) is 11.1. The average Bonchev–Trinajstić information content (AvgIpc) is 3.66. The van der Waals surface area contributed by atoms with Gasteiger partial charge in [-0.25, -0.2) is 4.90 Å². The Kier molecular flexibility index (Phi) is 4.02. The van der Waals surface area contributed by atoms with Gasteiger partial charge in [-0.15, -0.1) is 0 Å². The summed E-state index contributed by atoms with van der Waals surface area (Å²) in [5.74, 6) is 1.17. The molecule has 170 valence electrons. The highest BCUT2D eigenvalue weighted by molar-refractivity contribution is 6.25. The molecular weight excluding hydrogens is 440 g/mol. The lowest BCUT2D eigenvalue weighted by Gasteiger charge is -2.19. The second-order valence-electron chi connectivity index (χ2n) is 8.59. The minimum atomic E-state index is -0.878. The van der Waals surface area contributed by atoms with E-state index >= 15 is 0 Å². The van der Waals surface area contributed by atoms with Gasteiger partial charge in [0.05, 0.1) is 5.69 Å². The number of imide groups is 1. The summed E-state index contributed by atoms with van der Waals surface area (Å²) in [6.07, 6.45) is 3.08. The zero-order valence-corrected chi connectivity index (χ0v) is 17.9. The normalized spacial score (nSPS) is 22.1. The highest BCUT2D eigenvalue weighted by Crippen LogP contribution is 2.36. The van der Waals surface area contributed by atoms with Crippen LogP contribution in [-0.4, -0.2) is 45.8 Å². The number of amides is 2. The molecule has 2 amide bonds. The Morgan fingerprint density at radius 3 is 2.79 bits per heavy atom. The fourth-order valence-corrected chi connectivity index (χ4v) is 4.92. The quantitative estimate of drug-likeness (QED) is 0.547. The van der Waals surface area contributed by atoms with E-state index < -0.39 is 12.1 Å². The fraction of sp³-hybridized carbons (Fsp3) is 0.304. The molecule has 0 spiro atoms. The number of anilines is 1. The molecule has 0 N–H and O–H groups in total. The van der Waals surface area contributed by atoms with E-state index in [9.17, 15) is 9.59 Å². The molecule has 3 aromatic rings. The third-order valence-corrected chi connectivity index (χ3v) is 6.59. The van der Waals surface area contributed by atoms with Crippen LogP contribution in [0.25, 0.3) is 11.4 Å². The first-order valence-electron chi connectivity index (χ1n) is 11.1. The van der Waals surface area contributed by atoms with Crippen molar-refractivity contribution in [3.8, 4) is 22.9 Å². The number of aromatic nitrogens is 2. The summed E-state index contributed by atoms with van der Waals surface area (Å²) in [5, 5.41) is 13.6. The number of hydrogen-bond acceptors (Lipinski definition) is 10. The van der Waals surface area contributed by atoms with Crippen molar-refractivity contribution in [2.75, 3.05) is 11.7 Å². The Labute approximate surface area is 192 Å². The number of carbonyl (C=O) groups excluding carboxylic acids is 2. The number of aryl methyl sites for hydroxylation is 2. The van der Waals surface area contributed by atoms with E-state index in [1.165, 1.54) is 21.0 Å². The summed E-state index contributed by atoms with van der Waals surface area (Å²) in [6, 6.07) is 9.43. The minimum absolute atomic E-state index is 0.0548. The fourth-order valence-electron chi connectivity index (χ4n) is 4.92. The molecule has 1 aromatic heterocycles. The summed E-state index contributed by atoms with van der Waals surface area (Å²) in [5.41, 5.74) is 3.76. The molecule has 4 heterocycles. The van der Waals surface area contributed by atoms with E-state index in [0.29, 0.717) is 28.6 Å². The zero-order valence-electron chi connectivity index (χ0n) is 17.9. The number of carbonyl (C=O) groups is 2. The Balaban J connectivity index is 1.11. The van der Waals surface area contributed by atoms with E-state index in [1.807, 2.05) is 18.2 Å². The lowest BCUT2D eigenvalue weighted by atomic mass is 10.1. The Hall–Kier alpha value is -4.28. The van der Waals surface area contributed by atoms with Crippen LogP contribution in [0.4, 0.5) is 5.69 Å². The highest BCUT2D eigenvalue weighted by Gasteiger charge is 2.55. The maximum Gasteiger partial charge on any atom is 0.263 e. The lowest BCUT2D eigenvalue weighted by Crippen LogP contribution is -2.39. The van der Waals surface area contributed by atoms with Crippen molar-refractivity contribution in [3.05, 3.63) is 53.4 Å². The van der Waals surface area contributed by atoms with Crippen LogP contribution < -0.4 is 14.4 Å². The second kappa shape index (κ2) is 7.11. The number of fused-ring (bicyclic) bond motifs is 3. The molecular formula is C23H18N6O5. The minimum Gasteiger partial charge on any atom is -0.454 e. The first-order chi connectivity index (χ1) is 16.7. The molecule has 1 fully saturated rings. The molecule has 7 rings (SSSR count). The van der Waals surface area contributed by atoms with Crippen LogP contribution in [0.3, 0.4) is 0 Å². The van der Waals surface area contributed by atoms with Gasteiger partial charge < -0.3 is 14.0 Å². The van der Waals surface area contributed by atoms with Crippen molar-refractivity contribution in [1.82, 2.24) is 15.1 Å². The van der Waals surface area contributed by atoms with Crippen molar-refractivity contribution in [2.24, 2.45) is 10.3 Å². The summed E-state index contributed by atoms with van der Waals surface area (Å²) in [7, 11) is 0. The lowest BCUT2D eigenvalue weighted by molar-refractivity contribution is -0.123. The van der Waals surface area contributed by atoms with Gasteiger partial charge in [0.1, 0.15) is 6.54 Å². The van der Waals surface area contributed by atoms with Crippen molar-refractivity contribution in [1.29, 1.82) is 0 Å². The molecule has 1 saturated heterocycles. The van der Waals surface area contributed by atoms with Crippen molar-refractivity contribution in [3.63, 3.8) is 0 Å². The molecule has 2 unspecified atom stereocenters. The van der Waals surface area contributed by atoms with Gasteiger partial charge in [0.2, 0.25) is 18.5 Å². The van der Waals surface area contributed by atoms with E-state index in [2.05, 4.69) is 20.5 Å². The van der Waals surface area contributed by atoms with Crippen LogP contribution in [0.2, 0.25) is 0 Å². The third kappa shape index (κ3) is 2.82. The summed E-state index contributed by atoms with van der Waals surface area (Å²) < 4.78 is 16.1. The van der Waals surface area contributed by atoms with Gasteiger partial charge in [0, 0.05) is 5.56 Å². The molecule has 34 heavy (non-hydrogen) atoms. The van der Waals surface area contributed by atoms with Crippen molar-refractivity contribution in [2.45, 2.75) is 37.9 Å². The number of hydrogen-bond donors (Lipinski definition) is 0. The number of benzene rings is 2. The maximum atomic E-state index is 13.3. The SMILES string of the molecule is O=C1C2N=NN(Cc3nc(-c4ccc5c(c4)OCO5)no3)C2C(=O)N1c1ccc2c(c1)CCC2. The molecule has 3 aliphatic heterocycles. The van der Waals surface area contributed by atoms with Crippen LogP contribution in [0.1, 0.15) is 23.4 Å². The Morgan fingerprint density at radius 1 is 0.971 bits per heavy atom. The molecule has 11 nitrogen and oxygen atoms in total. The topological polar surface area (TPSA) is 123 Å². The van der Waals surface area contributed by atoms with Gasteiger partial charge in [-0.3, -0.25) is 14.6 Å². The monoisotopic (exact) mass is 458 g/mol. The van der Waals surface area contributed by atoms with Gasteiger partial charge in [-0.05, 0) is 60.7 Å². The molecule has 0 radical (unpaired) electrons. The Bertz CT molecular complexity index is 1380. The van der Waals surface area contributed by atoms with Crippen LogP contribution in [0.5, 0.6) is 11.5 Å². The van der Waals surface area contributed by atoms with Crippen LogP contribution in [0.15, 0.2) is 51.3 Å². The highest BCUT2D eigenvalue weighted by atomic mass is 16.7. The Morgan fingerprint density at radius 2 is 1.85 bits per heavy atom. The predicted molar refractivity (Wildman–Crippen MR) is 115 cm³/mol. The first kappa shape index (κ1) is 19.2. The standard InChI is InChI=1S/C23H18N6O5/c30-22-19-20(23(31)29(22)15-6-4-12-2-1-3-13(12)8-15)28(27-25-19)10-18-24-21(26-34-18)14-5-7-16-17(9-14)33-11-32-16/h4-9,19-20H,1-3,10-11H2. The van der Waals surface area contributed by atoms with E-state index in [1.54, 1.807) is 18.2 Å². The number of nitrogens with zero attached hydrogens (tertiary/aromatic N) is 6. The second-order valence-corrected chi connectivity index (χ2v) is 8.59. The maximum absolute atomic E-state index is 13.3. The molecule has 2 aromatic carbocycles. The summed E-state index contributed by atoms with van der Waals surface area (Å²) >= 11 is 0.